The molecule has 1 unspecified atom stereocenters. The largest absolute Gasteiger partial charge is 0.354 e. The van der Waals surface area contributed by atoms with Crippen LogP contribution in [0.15, 0.2) is 24.5 Å². The fraction of sp³-hybridized carbons (Fsp3) is 0.353. The molecule has 1 amide bonds. The second kappa shape index (κ2) is 8.06. The van der Waals surface area contributed by atoms with E-state index in [0.717, 1.165) is 39.0 Å². The lowest BCUT2D eigenvalue weighted by molar-refractivity contribution is -0.120. The van der Waals surface area contributed by atoms with E-state index in [1.54, 1.807) is 10.9 Å². The Balaban J connectivity index is 1.98. The first-order chi connectivity index (χ1) is 13.8. The second-order valence-electron chi connectivity index (χ2n) is 6.96. The number of carbonyl (C=O) groups is 1. The van der Waals surface area contributed by atoms with Crippen molar-refractivity contribution in [3.8, 4) is 11.1 Å². The number of nitrogens with two attached hydrogens (primary N) is 1. The molecule has 162 valence electrons. The standard InChI is InChI=1S/C17H21N5O5S3/c1-10-6-13-14(7-12(10)11-8-20-22(2)9-11)28-17(21-13)15(29(3,24)25)16(23)19-4-5-30(18,26)27/h6-9,15H,4-5H2,1-3H3,(H,19,23)(H2,18,26,27). The van der Waals surface area contributed by atoms with E-state index in [1.165, 1.54) is 0 Å². The van der Waals surface area contributed by atoms with Crippen LogP contribution in [-0.2, 0) is 31.7 Å². The van der Waals surface area contributed by atoms with Crippen molar-refractivity contribution in [3.63, 3.8) is 0 Å². The number of hydrogen-bond donors (Lipinski definition) is 2. The third-order valence-corrected chi connectivity index (χ3v) is 7.64. The van der Waals surface area contributed by atoms with Gasteiger partial charge in [0.1, 0.15) is 5.01 Å². The SMILES string of the molecule is Cc1cc2nc(C(C(=O)NCCS(N)(=O)=O)S(C)(=O)=O)sc2cc1-c1cnn(C)c1. The lowest BCUT2D eigenvalue weighted by Gasteiger charge is -2.12. The number of aryl methyl sites for hydroxylation is 2. The molecule has 1 atom stereocenters. The van der Waals surface area contributed by atoms with Crippen LogP contribution < -0.4 is 10.5 Å². The van der Waals surface area contributed by atoms with E-state index in [1.807, 2.05) is 32.3 Å². The lowest BCUT2D eigenvalue weighted by atomic mass is 10.0. The minimum atomic E-state index is -3.86. The van der Waals surface area contributed by atoms with Crippen LogP contribution in [0.1, 0.15) is 15.8 Å². The zero-order valence-corrected chi connectivity index (χ0v) is 18.9. The highest BCUT2D eigenvalue weighted by Gasteiger charge is 2.34. The van der Waals surface area contributed by atoms with Gasteiger partial charge in [-0.1, -0.05) is 0 Å². The van der Waals surface area contributed by atoms with Crippen LogP contribution in [0.2, 0.25) is 0 Å². The molecular weight excluding hydrogens is 450 g/mol. The number of amides is 1. The summed E-state index contributed by atoms with van der Waals surface area (Å²) in [4.78, 5) is 16.9. The highest BCUT2D eigenvalue weighted by atomic mass is 32.2. The smallest absolute Gasteiger partial charge is 0.245 e. The average molecular weight is 472 g/mol. The number of thiazole rings is 1. The van der Waals surface area contributed by atoms with Gasteiger partial charge < -0.3 is 5.32 Å². The number of fused-ring (bicyclic) bond motifs is 1. The molecule has 0 saturated heterocycles. The molecule has 0 aliphatic rings. The Kier molecular flexibility index (Phi) is 6.00. The first kappa shape index (κ1) is 22.3. The topological polar surface area (TPSA) is 154 Å². The molecule has 0 fully saturated rings. The molecule has 13 heteroatoms. The van der Waals surface area contributed by atoms with Crippen molar-refractivity contribution in [2.45, 2.75) is 12.2 Å². The number of nitrogens with zero attached hydrogens (tertiary/aromatic N) is 3. The van der Waals surface area contributed by atoms with Gasteiger partial charge in [0.05, 0.1) is 22.2 Å². The molecule has 2 heterocycles. The number of nitrogens with one attached hydrogen (secondary N) is 1. The van der Waals surface area contributed by atoms with Gasteiger partial charge in [-0.15, -0.1) is 11.3 Å². The summed E-state index contributed by atoms with van der Waals surface area (Å²) in [6.45, 7) is 1.62. The van der Waals surface area contributed by atoms with E-state index in [2.05, 4.69) is 15.4 Å². The zero-order valence-electron chi connectivity index (χ0n) is 16.5. The molecule has 0 bridgehead atoms. The summed E-state index contributed by atoms with van der Waals surface area (Å²) in [5.74, 6) is -1.34. The average Bonchev–Trinajstić information content (AvgIpc) is 3.17. The minimum absolute atomic E-state index is 0.114. The Hall–Kier alpha value is -2.35. The third kappa shape index (κ3) is 5.03. The fourth-order valence-electron chi connectivity index (χ4n) is 2.98. The van der Waals surface area contributed by atoms with Crippen molar-refractivity contribution in [1.29, 1.82) is 0 Å². The summed E-state index contributed by atoms with van der Waals surface area (Å²) in [5, 5.41) is 9.97. The van der Waals surface area contributed by atoms with Crippen molar-refractivity contribution in [1.82, 2.24) is 20.1 Å². The second-order valence-corrected chi connectivity index (χ2v) is 11.9. The summed E-state index contributed by atoms with van der Waals surface area (Å²) in [5.41, 5.74) is 3.35. The van der Waals surface area contributed by atoms with Gasteiger partial charge in [-0.2, -0.15) is 5.10 Å². The highest BCUT2D eigenvalue weighted by Crippen LogP contribution is 2.35. The van der Waals surface area contributed by atoms with Crippen LogP contribution in [-0.4, -0.2) is 56.1 Å². The summed E-state index contributed by atoms with van der Waals surface area (Å²) in [6, 6.07) is 3.72. The van der Waals surface area contributed by atoms with Gasteiger partial charge in [0.15, 0.2) is 15.1 Å². The molecule has 3 aromatic rings. The monoisotopic (exact) mass is 471 g/mol. The molecule has 0 radical (unpaired) electrons. The van der Waals surface area contributed by atoms with Crippen molar-refractivity contribution in [2.75, 3.05) is 18.6 Å². The number of benzene rings is 1. The molecule has 3 rings (SSSR count). The van der Waals surface area contributed by atoms with E-state index < -0.39 is 36.8 Å². The van der Waals surface area contributed by atoms with E-state index >= 15 is 0 Å². The Morgan fingerprint density at radius 1 is 1.30 bits per heavy atom. The zero-order chi connectivity index (χ0) is 22.3. The molecule has 0 aliphatic heterocycles. The molecular formula is C17H21N5O5S3. The fourth-order valence-corrected chi connectivity index (χ4v) is 5.89. The highest BCUT2D eigenvalue weighted by molar-refractivity contribution is 7.91. The lowest BCUT2D eigenvalue weighted by Crippen LogP contribution is -2.37. The Morgan fingerprint density at radius 2 is 2.00 bits per heavy atom. The normalized spacial score (nSPS) is 13.5. The van der Waals surface area contributed by atoms with Gasteiger partial charge in [0.25, 0.3) is 0 Å². The minimum Gasteiger partial charge on any atom is -0.354 e. The molecule has 3 N–H and O–H groups in total. The maximum atomic E-state index is 12.5. The van der Waals surface area contributed by atoms with Crippen molar-refractivity contribution >= 4 is 47.3 Å². The number of sulfonamides is 1. The Bertz CT molecular complexity index is 1330. The number of aromatic nitrogens is 3. The molecule has 0 saturated carbocycles. The number of carbonyl (C=O) groups excluding carboxylic acids is 1. The van der Waals surface area contributed by atoms with Crippen LogP contribution in [0.3, 0.4) is 0 Å². The Labute approximate surface area is 178 Å². The number of primary sulfonamides is 1. The summed E-state index contributed by atoms with van der Waals surface area (Å²) in [6.07, 6.45) is 4.54. The number of sulfone groups is 1. The maximum Gasteiger partial charge on any atom is 0.245 e. The summed E-state index contributed by atoms with van der Waals surface area (Å²) >= 11 is 1.10. The summed E-state index contributed by atoms with van der Waals surface area (Å²) in [7, 11) is -5.83. The predicted molar refractivity (Wildman–Crippen MR) is 115 cm³/mol. The molecule has 0 aliphatic carbocycles. The molecule has 10 nitrogen and oxygen atoms in total. The molecule has 0 spiro atoms. The predicted octanol–water partition coefficient (Wildman–Crippen LogP) is 0.496. The van der Waals surface area contributed by atoms with Crippen LogP contribution >= 0.6 is 11.3 Å². The Morgan fingerprint density at radius 3 is 2.57 bits per heavy atom. The van der Waals surface area contributed by atoms with Gasteiger partial charge in [0.2, 0.25) is 15.9 Å². The summed E-state index contributed by atoms with van der Waals surface area (Å²) < 4.78 is 49.1. The maximum absolute atomic E-state index is 12.5. The third-order valence-electron chi connectivity index (χ3n) is 4.34. The van der Waals surface area contributed by atoms with Crippen LogP contribution in [0, 0.1) is 6.92 Å². The number of hydrogen-bond acceptors (Lipinski definition) is 8. The van der Waals surface area contributed by atoms with Gasteiger partial charge in [0, 0.05) is 31.6 Å². The van der Waals surface area contributed by atoms with Crippen LogP contribution in [0.25, 0.3) is 21.3 Å². The van der Waals surface area contributed by atoms with Gasteiger partial charge in [-0.05, 0) is 30.2 Å². The van der Waals surface area contributed by atoms with Crippen LogP contribution in [0.4, 0.5) is 0 Å². The van der Waals surface area contributed by atoms with Crippen molar-refractivity contribution < 1.29 is 21.6 Å². The van der Waals surface area contributed by atoms with Crippen molar-refractivity contribution in [2.24, 2.45) is 12.2 Å². The quantitative estimate of drug-likeness (QED) is 0.508. The van der Waals surface area contributed by atoms with Crippen LogP contribution in [0.5, 0.6) is 0 Å². The van der Waals surface area contributed by atoms with E-state index in [9.17, 15) is 21.6 Å². The van der Waals surface area contributed by atoms with Gasteiger partial charge >= 0.3 is 0 Å². The molecule has 2 aromatic heterocycles. The van der Waals surface area contributed by atoms with Gasteiger partial charge in [-0.25, -0.2) is 27.0 Å². The van der Waals surface area contributed by atoms with E-state index in [4.69, 9.17) is 5.14 Å². The van der Waals surface area contributed by atoms with Crippen molar-refractivity contribution in [3.05, 3.63) is 35.1 Å². The molecule has 1 aromatic carbocycles. The van der Waals surface area contributed by atoms with E-state index in [0.29, 0.717) is 5.52 Å². The van der Waals surface area contributed by atoms with E-state index in [-0.39, 0.29) is 11.6 Å². The first-order valence-electron chi connectivity index (χ1n) is 8.72. The molecule has 30 heavy (non-hydrogen) atoms. The first-order valence-corrected chi connectivity index (χ1v) is 13.2. The number of rotatable bonds is 7. The van der Waals surface area contributed by atoms with Gasteiger partial charge in [-0.3, -0.25) is 9.48 Å².